The van der Waals surface area contributed by atoms with Crippen molar-refractivity contribution < 1.29 is 4.52 Å². The van der Waals surface area contributed by atoms with E-state index in [0.29, 0.717) is 6.61 Å². The van der Waals surface area contributed by atoms with Gasteiger partial charge in [0.1, 0.15) is 0 Å². The normalized spacial score (nSPS) is 16.1. The van der Waals surface area contributed by atoms with Gasteiger partial charge in [0.15, 0.2) is 0 Å². The SMILES string of the molecule is CCOP(=S)(SC(C)(C)C)N(C)C=S. The van der Waals surface area contributed by atoms with Crippen LogP contribution in [0.2, 0.25) is 0 Å². The fourth-order valence-electron chi connectivity index (χ4n) is 0.749. The molecule has 0 N–H and O–H groups in total. The van der Waals surface area contributed by atoms with Gasteiger partial charge in [0.05, 0.1) is 12.1 Å². The van der Waals surface area contributed by atoms with Gasteiger partial charge in [-0.15, -0.1) is 0 Å². The number of hydrogen-bond acceptors (Lipinski definition) is 4. The van der Waals surface area contributed by atoms with Gasteiger partial charge in [-0.1, -0.05) is 44.4 Å². The molecule has 0 aromatic heterocycles. The number of nitrogens with zero attached hydrogens (tertiary/aromatic N) is 1. The molecule has 84 valence electrons. The average molecular weight is 271 g/mol. The van der Waals surface area contributed by atoms with E-state index in [2.05, 4.69) is 20.8 Å². The number of thiocarbonyl (C=S) groups is 1. The molecule has 0 aromatic rings. The van der Waals surface area contributed by atoms with E-state index in [1.165, 1.54) is 0 Å². The monoisotopic (exact) mass is 271 g/mol. The van der Waals surface area contributed by atoms with Crippen molar-refractivity contribution >= 4 is 46.5 Å². The molecule has 0 heterocycles. The highest BCUT2D eigenvalue weighted by Gasteiger charge is 2.29. The van der Waals surface area contributed by atoms with Gasteiger partial charge in [0, 0.05) is 11.8 Å². The third-order valence-corrected chi connectivity index (χ3v) is 9.13. The highest BCUT2D eigenvalue weighted by molar-refractivity contribution is 8.69. The van der Waals surface area contributed by atoms with Gasteiger partial charge in [-0.2, -0.15) is 0 Å². The Morgan fingerprint density at radius 3 is 2.29 bits per heavy atom. The van der Waals surface area contributed by atoms with Gasteiger partial charge in [-0.25, -0.2) is 0 Å². The molecular weight excluding hydrogens is 253 g/mol. The quantitative estimate of drug-likeness (QED) is 0.557. The van der Waals surface area contributed by atoms with E-state index in [4.69, 9.17) is 28.5 Å². The molecule has 0 rings (SSSR count). The van der Waals surface area contributed by atoms with Crippen LogP contribution >= 0.6 is 29.2 Å². The maximum atomic E-state index is 5.68. The molecule has 0 aromatic carbocycles. The molecule has 0 aliphatic heterocycles. The van der Waals surface area contributed by atoms with E-state index in [1.807, 2.05) is 18.6 Å². The smallest absolute Gasteiger partial charge is 0.213 e. The first-order valence-electron chi connectivity index (χ1n) is 4.39. The first-order chi connectivity index (χ1) is 6.25. The Labute approximate surface area is 102 Å². The Balaban J connectivity index is 4.73. The lowest BCUT2D eigenvalue weighted by atomic mass is 10.3. The van der Waals surface area contributed by atoms with Gasteiger partial charge in [0.25, 0.3) is 0 Å². The molecule has 0 bridgehead atoms. The predicted octanol–water partition coefficient (Wildman–Crippen LogP) is 3.67. The largest absolute Gasteiger partial charge is 0.327 e. The van der Waals surface area contributed by atoms with Crippen molar-refractivity contribution in [3.8, 4) is 0 Å². The summed E-state index contributed by atoms with van der Waals surface area (Å²) in [4.78, 5) is 0. The maximum absolute atomic E-state index is 5.68. The lowest BCUT2D eigenvalue weighted by Gasteiger charge is -2.33. The van der Waals surface area contributed by atoms with Crippen LogP contribution < -0.4 is 0 Å². The summed E-state index contributed by atoms with van der Waals surface area (Å²) in [5.41, 5.74) is -0.430. The molecule has 0 fully saturated rings. The Morgan fingerprint density at radius 1 is 1.50 bits per heavy atom. The van der Waals surface area contributed by atoms with E-state index in [0.717, 1.165) is 0 Å². The molecule has 0 radical (unpaired) electrons. The van der Waals surface area contributed by atoms with Crippen LogP contribution in [0.4, 0.5) is 0 Å². The molecule has 0 aliphatic carbocycles. The average Bonchev–Trinajstić information content (AvgIpc) is 2.00. The van der Waals surface area contributed by atoms with Gasteiger partial charge in [-0.05, 0) is 18.7 Å². The fraction of sp³-hybridized carbons (Fsp3) is 0.875. The molecular formula is C8H18NOPS3. The Bertz CT molecular complexity index is 239. The van der Waals surface area contributed by atoms with Crippen molar-refractivity contribution in [2.24, 2.45) is 0 Å². The van der Waals surface area contributed by atoms with Crippen molar-refractivity contribution in [1.82, 2.24) is 4.67 Å². The summed E-state index contributed by atoms with van der Waals surface area (Å²) in [6.07, 6.45) is 0. The minimum Gasteiger partial charge on any atom is -0.327 e. The van der Waals surface area contributed by atoms with Gasteiger partial charge >= 0.3 is 0 Å². The zero-order chi connectivity index (χ0) is 11.4. The summed E-state index contributed by atoms with van der Waals surface area (Å²) in [5.74, 6) is 0. The third kappa shape index (κ3) is 5.08. The van der Waals surface area contributed by atoms with Crippen LogP contribution in [0.3, 0.4) is 0 Å². The second kappa shape index (κ2) is 5.80. The molecule has 1 unspecified atom stereocenters. The number of hydrogen-bond donors (Lipinski definition) is 0. The summed E-state index contributed by atoms with van der Waals surface area (Å²) < 4.78 is 7.63. The topological polar surface area (TPSA) is 12.5 Å². The minimum atomic E-state index is -2.01. The van der Waals surface area contributed by atoms with Gasteiger partial charge < -0.3 is 9.19 Å². The lowest BCUT2D eigenvalue weighted by Crippen LogP contribution is -2.16. The summed E-state index contributed by atoms with van der Waals surface area (Å²) in [6, 6.07) is 0. The summed E-state index contributed by atoms with van der Waals surface area (Å²) >= 11 is 12.1. The summed E-state index contributed by atoms with van der Waals surface area (Å²) in [7, 11) is 1.89. The van der Waals surface area contributed by atoms with Gasteiger partial charge in [-0.3, -0.25) is 0 Å². The van der Waals surface area contributed by atoms with Crippen molar-refractivity contribution in [2.45, 2.75) is 32.4 Å². The van der Waals surface area contributed by atoms with Crippen LogP contribution in [0.15, 0.2) is 0 Å². The van der Waals surface area contributed by atoms with Crippen molar-refractivity contribution in [3.05, 3.63) is 0 Å². The molecule has 0 aliphatic rings. The van der Waals surface area contributed by atoms with Crippen LogP contribution in [0.1, 0.15) is 27.7 Å². The van der Waals surface area contributed by atoms with E-state index < -0.39 is 5.62 Å². The molecule has 1 atom stereocenters. The molecule has 6 heteroatoms. The fourth-order valence-corrected chi connectivity index (χ4v) is 8.55. The Hall–Kier alpha value is 0.850. The van der Waals surface area contributed by atoms with Gasteiger partial charge in [0.2, 0.25) is 5.62 Å². The highest BCUT2D eigenvalue weighted by atomic mass is 32.9. The first-order valence-corrected chi connectivity index (χ1v) is 8.95. The minimum absolute atomic E-state index is 0.0945. The lowest BCUT2D eigenvalue weighted by molar-refractivity contribution is 0.369. The third-order valence-electron chi connectivity index (χ3n) is 1.22. The Morgan fingerprint density at radius 2 is 2.00 bits per heavy atom. The zero-order valence-electron chi connectivity index (χ0n) is 9.31. The zero-order valence-corrected chi connectivity index (χ0v) is 12.7. The standard InChI is InChI=1S/C8H18NOPS3/c1-6-10-11(13,9(5)7-12)14-8(2,3)4/h7H,6H2,1-5H3. The summed E-state index contributed by atoms with van der Waals surface area (Å²) in [5, 5.41) is 0. The number of rotatable bonds is 5. The van der Waals surface area contributed by atoms with E-state index >= 15 is 0 Å². The van der Waals surface area contributed by atoms with Crippen LogP contribution in [-0.2, 0) is 16.3 Å². The Kier molecular flexibility index (Phi) is 6.16. The highest BCUT2D eigenvalue weighted by Crippen LogP contribution is 2.65. The first kappa shape index (κ1) is 14.8. The molecule has 2 nitrogen and oxygen atoms in total. The van der Waals surface area contributed by atoms with Crippen LogP contribution in [0, 0.1) is 0 Å². The molecule has 0 saturated heterocycles. The van der Waals surface area contributed by atoms with E-state index in [9.17, 15) is 0 Å². The predicted molar refractivity (Wildman–Crippen MR) is 74.7 cm³/mol. The van der Waals surface area contributed by atoms with E-state index in [1.54, 1.807) is 16.9 Å². The maximum Gasteiger partial charge on any atom is 0.213 e. The van der Waals surface area contributed by atoms with Crippen molar-refractivity contribution in [2.75, 3.05) is 13.7 Å². The molecule has 0 amide bonds. The second-order valence-electron chi connectivity index (χ2n) is 3.77. The van der Waals surface area contributed by atoms with Crippen LogP contribution in [0.5, 0.6) is 0 Å². The second-order valence-corrected chi connectivity index (χ2v) is 11.4. The van der Waals surface area contributed by atoms with Crippen LogP contribution in [-0.4, -0.2) is 28.6 Å². The van der Waals surface area contributed by atoms with Crippen molar-refractivity contribution in [3.63, 3.8) is 0 Å². The molecule has 0 spiro atoms. The van der Waals surface area contributed by atoms with Crippen molar-refractivity contribution in [1.29, 1.82) is 0 Å². The van der Waals surface area contributed by atoms with E-state index in [-0.39, 0.29) is 4.75 Å². The van der Waals surface area contributed by atoms with Crippen LogP contribution in [0.25, 0.3) is 0 Å². The molecule has 0 saturated carbocycles. The summed E-state index contributed by atoms with van der Waals surface area (Å²) in [6.45, 7) is 8.99. The molecule has 14 heavy (non-hydrogen) atoms.